The lowest BCUT2D eigenvalue weighted by molar-refractivity contribution is 0.0179. The Morgan fingerprint density at radius 3 is 2.72 bits per heavy atom. The molecule has 1 aromatic carbocycles. The number of likely N-dealkylation sites (tertiary alicyclic amines) is 1. The van der Waals surface area contributed by atoms with Crippen LogP contribution in [-0.4, -0.2) is 52.2 Å². The summed E-state index contributed by atoms with van der Waals surface area (Å²) in [4.78, 5) is 22.9. The van der Waals surface area contributed by atoms with Crippen LogP contribution < -0.4 is 9.47 Å². The summed E-state index contributed by atoms with van der Waals surface area (Å²) in [5.41, 5.74) is 1.30. The SMILES string of the molecule is COc1ccc(C(=O)N2CC(Oc3ccccc3-c3nc(C4CC4)no3)C2)cn1. The van der Waals surface area contributed by atoms with Crippen molar-refractivity contribution in [2.75, 3.05) is 20.2 Å². The van der Waals surface area contributed by atoms with Crippen molar-refractivity contribution in [2.24, 2.45) is 0 Å². The van der Waals surface area contributed by atoms with Crippen molar-refractivity contribution in [1.82, 2.24) is 20.0 Å². The van der Waals surface area contributed by atoms with Gasteiger partial charge in [0, 0.05) is 18.2 Å². The molecule has 3 heterocycles. The first-order valence-electron chi connectivity index (χ1n) is 9.60. The Morgan fingerprint density at radius 2 is 2.00 bits per heavy atom. The van der Waals surface area contributed by atoms with Gasteiger partial charge in [-0.2, -0.15) is 4.98 Å². The van der Waals surface area contributed by atoms with E-state index in [9.17, 15) is 4.79 Å². The highest BCUT2D eigenvalue weighted by atomic mass is 16.5. The molecule has 0 N–H and O–H groups in total. The van der Waals surface area contributed by atoms with E-state index in [2.05, 4.69) is 15.1 Å². The molecule has 3 aromatic rings. The number of methoxy groups -OCH3 is 1. The molecule has 29 heavy (non-hydrogen) atoms. The molecule has 0 spiro atoms. The van der Waals surface area contributed by atoms with Crippen molar-refractivity contribution in [1.29, 1.82) is 0 Å². The summed E-state index contributed by atoms with van der Waals surface area (Å²) in [6.07, 6.45) is 3.68. The van der Waals surface area contributed by atoms with Crippen LogP contribution in [0.3, 0.4) is 0 Å². The standard InChI is InChI=1S/C21H20N4O4/c1-27-18-9-8-14(10-22-18)21(26)25-11-15(12-25)28-17-5-3-2-4-16(17)20-23-19(24-29-20)13-6-7-13/h2-5,8-10,13,15H,6-7,11-12H2,1H3. The number of hydrogen-bond acceptors (Lipinski definition) is 7. The predicted molar refractivity (Wildman–Crippen MR) is 103 cm³/mol. The van der Waals surface area contributed by atoms with E-state index in [0.717, 1.165) is 24.2 Å². The van der Waals surface area contributed by atoms with Gasteiger partial charge in [0.2, 0.25) is 5.88 Å². The minimum atomic E-state index is -0.0860. The van der Waals surface area contributed by atoms with E-state index in [0.29, 0.717) is 42.1 Å². The molecule has 1 saturated carbocycles. The van der Waals surface area contributed by atoms with E-state index >= 15 is 0 Å². The zero-order chi connectivity index (χ0) is 19.8. The van der Waals surface area contributed by atoms with Gasteiger partial charge >= 0.3 is 0 Å². The second kappa shape index (κ2) is 7.20. The highest BCUT2D eigenvalue weighted by molar-refractivity contribution is 5.94. The number of carbonyl (C=O) groups excluding carboxylic acids is 1. The van der Waals surface area contributed by atoms with Crippen LogP contribution in [0.1, 0.15) is 34.9 Å². The van der Waals surface area contributed by atoms with Gasteiger partial charge in [-0.15, -0.1) is 0 Å². The first kappa shape index (κ1) is 17.7. The lowest BCUT2D eigenvalue weighted by Crippen LogP contribution is -2.56. The second-order valence-corrected chi connectivity index (χ2v) is 7.27. The number of para-hydroxylation sites is 1. The number of benzene rings is 1. The normalized spacial score (nSPS) is 16.4. The fraction of sp³-hybridized carbons (Fsp3) is 0.333. The van der Waals surface area contributed by atoms with E-state index in [1.54, 1.807) is 24.1 Å². The van der Waals surface area contributed by atoms with E-state index in [4.69, 9.17) is 14.0 Å². The summed E-state index contributed by atoms with van der Waals surface area (Å²) in [6, 6.07) is 11.0. The van der Waals surface area contributed by atoms with Gasteiger partial charge in [-0.25, -0.2) is 4.98 Å². The molecular weight excluding hydrogens is 372 g/mol. The van der Waals surface area contributed by atoms with Crippen molar-refractivity contribution >= 4 is 5.91 Å². The Balaban J connectivity index is 1.23. The van der Waals surface area contributed by atoms with Crippen LogP contribution in [0.5, 0.6) is 11.6 Å². The van der Waals surface area contributed by atoms with Gasteiger partial charge in [0.15, 0.2) is 5.82 Å². The topological polar surface area (TPSA) is 90.6 Å². The van der Waals surface area contributed by atoms with Crippen LogP contribution >= 0.6 is 0 Å². The molecule has 2 aliphatic rings. The largest absolute Gasteiger partial charge is 0.486 e. The molecule has 0 bridgehead atoms. The molecule has 0 radical (unpaired) electrons. The molecule has 2 aromatic heterocycles. The number of ether oxygens (including phenoxy) is 2. The molecule has 0 unspecified atom stereocenters. The maximum Gasteiger partial charge on any atom is 0.261 e. The third-order valence-electron chi connectivity index (χ3n) is 5.12. The molecular formula is C21H20N4O4. The molecule has 2 fully saturated rings. The second-order valence-electron chi connectivity index (χ2n) is 7.27. The van der Waals surface area contributed by atoms with Gasteiger partial charge in [-0.1, -0.05) is 17.3 Å². The molecule has 1 saturated heterocycles. The number of carbonyl (C=O) groups is 1. The van der Waals surface area contributed by atoms with Gasteiger partial charge < -0.3 is 18.9 Å². The summed E-state index contributed by atoms with van der Waals surface area (Å²) < 4.78 is 16.6. The summed E-state index contributed by atoms with van der Waals surface area (Å²) in [7, 11) is 1.54. The number of nitrogens with zero attached hydrogens (tertiary/aromatic N) is 4. The smallest absolute Gasteiger partial charge is 0.261 e. The zero-order valence-electron chi connectivity index (χ0n) is 15.9. The van der Waals surface area contributed by atoms with Crippen LogP contribution in [0, 0.1) is 0 Å². The van der Waals surface area contributed by atoms with E-state index < -0.39 is 0 Å². The number of pyridine rings is 1. The van der Waals surface area contributed by atoms with E-state index in [1.807, 2.05) is 24.3 Å². The van der Waals surface area contributed by atoms with Gasteiger partial charge in [0.25, 0.3) is 11.8 Å². The number of rotatable bonds is 6. The zero-order valence-corrected chi connectivity index (χ0v) is 15.9. The molecule has 8 nitrogen and oxygen atoms in total. The quantitative estimate of drug-likeness (QED) is 0.637. The summed E-state index contributed by atoms with van der Waals surface area (Å²) >= 11 is 0. The monoisotopic (exact) mass is 392 g/mol. The summed E-state index contributed by atoms with van der Waals surface area (Å²) in [5, 5.41) is 4.08. The predicted octanol–water partition coefficient (Wildman–Crippen LogP) is 2.92. The summed E-state index contributed by atoms with van der Waals surface area (Å²) in [5.74, 6) is 2.76. The molecule has 8 heteroatoms. The van der Waals surface area contributed by atoms with Crippen LogP contribution in [0.25, 0.3) is 11.5 Å². The first-order chi connectivity index (χ1) is 14.2. The van der Waals surface area contributed by atoms with Gasteiger partial charge in [0.1, 0.15) is 11.9 Å². The van der Waals surface area contributed by atoms with Crippen LogP contribution in [0.2, 0.25) is 0 Å². The van der Waals surface area contributed by atoms with Crippen LogP contribution in [0.4, 0.5) is 0 Å². The number of aromatic nitrogens is 3. The molecule has 1 amide bonds. The van der Waals surface area contributed by atoms with Crippen molar-refractivity contribution in [2.45, 2.75) is 24.9 Å². The van der Waals surface area contributed by atoms with Crippen molar-refractivity contribution in [3.05, 3.63) is 54.0 Å². The van der Waals surface area contributed by atoms with Gasteiger partial charge in [-0.05, 0) is 31.0 Å². The highest BCUT2D eigenvalue weighted by Gasteiger charge is 2.34. The highest BCUT2D eigenvalue weighted by Crippen LogP contribution is 2.39. The molecule has 0 atom stereocenters. The maximum absolute atomic E-state index is 12.5. The average molecular weight is 392 g/mol. The molecule has 1 aliphatic carbocycles. The third-order valence-corrected chi connectivity index (χ3v) is 5.12. The molecule has 1 aliphatic heterocycles. The number of hydrogen-bond donors (Lipinski definition) is 0. The summed E-state index contributed by atoms with van der Waals surface area (Å²) in [6.45, 7) is 1.02. The minimum Gasteiger partial charge on any atom is -0.486 e. The Kier molecular flexibility index (Phi) is 4.38. The van der Waals surface area contributed by atoms with Crippen LogP contribution in [0.15, 0.2) is 47.1 Å². The Bertz CT molecular complexity index is 1020. The molecule has 5 rings (SSSR count). The first-order valence-corrected chi connectivity index (χ1v) is 9.60. The van der Waals surface area contributed by atoms with Gasteiger partial charge in [0.05, 0.1) is 31.3 Å². The van der Waals surface area contributed by atoms with Crippen molar-refractivity contribution in [3.8, 4) is 23.1 Å². The Morgan fingerprint density at radius 1 is 1.17 bits per heavy atom. The lowest BCUT2D eigenvalue weighted by Gasteiger charge is -2.39. The van der Waals surface area contributed by atoms with Crippen molar-refractivity contribution < 1.29 is 18.8 Å². The van der Waals surface area contributed by atoms with E-state index in [-0.39, 0.29) is 12.0 Å². The maximum atomic E-state index is 12.5. The van der Waals surface area contributed by atoms with Gasteiger partial charge in [-0.3, -0.25) is 4.79 Å². The molecule has 148 valence electrons. The van der Waals surface area contributed by atoms with E-state index in [1.165, 1.54) is 6.20 Å². The average Bonchev–Trinajstić information content (AvgIpc) is 3.47. The fourth-order valence-electron chi connectivity index (χ4n) is 3.27. The number of amides is 1. The Labute approximate surface area is 167 Å². The minimum absolute atomic E-state index is 0.0701. The van der Waals surface area contributed by atoms with Crippen molar-refractivity contribution in [3.63, 3.8) is 0 Å². The Hall–Kier alpha value is -3.42. The fourth-order valence-corrected chi connectivity index (χ4v) is 3.27. The third kappa shape index (κ3) is 3.53. The lowest BCUT2D eigenvalue weighted by atomic mass is 10.1. The van der Waals surface area contributed by atoms with Crippen LogP contribution in [-0.2, 0) is 0 Å².